The highest BCUT2D eigenvalue weighted by Gasteiger charge is 2.58. The summed E-state index contributed by atoms with van der Waals surface area (Å²) in [4.78, 5) is 50.4. The summed E-state index contributed by atoms with van der Waals surface area (Å²) in [6, 6.07) is 2.69. The topological polar surface area (TPSA) is 109 Å². The Balaban J connectivity index is 1.96. The average Bonchev–Trinajstić information content (AvgIpc) is 3.33. The Bertz CT molecular complexity index is 1240. The van der Waals surface area contributed by atoms with Gasteiger partial charge in [-0.2, -0.15) is 13.2 Å². The third kappa shape index (κ3) is 4.49. The number of alkyl halides is 3. The van der Waals surface area contributed by atoms with Crippen LogP contribution >= 0.6 is 0 Å². The van der Waals surface area contributed by atoms with Crippen molar-refractivity contribution in [2.45, 2.75) is 44.9 Å². The molecular weight excluding hydrogens is 479 g/mol. The molecule has 2 heterocycles. The van der Waals surface area contributed by atoms with E-state index in [-0.39, 0.29) is 41.2 Å². The van der Waals surface area contributed by atoms with E-state index in [0.717, 1.165) is 25.2 Å². The van der Waals surface area contributed by atoms with Crippen LogP contribution in [0.25, 0.3) is 0 Å². The van der Waals surface area contributed by atoms with Crippen molar-refractivity contribution in [3.63, 3.8) is 0 Å². The van der Waals surface area contributed by atoms with E-state index in [1.54, 1.807) is 5.32 Å². The predicted molar refractivity (Wildman–Crippen MR) is 113 cm³/mol. The summed E-state index contributed by atoms with van der Waals surface area (Å²) in [5.74, 6) is -7.71. The third-order valence-electron chi connectivity index (χ3n) is 5.85. The zero-order valence-corrected chi connectivity index (χ0v) is 18.8. The summed E-state index contributed by atoms with van der Waals surface area (Å²) in [6.07, 6.45) is -4.46. The molecular formula is C22H21F5N4O4. The Hall–Kier alpha value is -3.77. The number of likely N-dealkylation sites (N-methyl/N-ethyl adjacent to an activating group) is 1. The second-order valence-electron chi connectivity index (χ2n) is 8.12. The van der Waals surface area contributed by atoms with Crippen LogP contribution in [0, 0.1) is 18.6 Å². The van der Waals surface area contributed by atoms with Crippen molar-refractivity contribution < 1.29 is 41.1 Å². The number of hydrogen-bond acceptors (Lipinski definition) is 4. The van der Waals surface area contributed by atoms with E-state index < -0.39 is 46.9 Å². The van der Waals surface area contributed by atoms with Crippen LogP contribution < -0.4 is 16.0 Å². The van der Waals surface area contributed by atoms with Crippen molar-refractivity contribution in [1.29, 1.82) is 0 Å². The van der Waals surface area contributed by atoms with Crippen molar-refractivity contribution in [3.8, 4) is 0 Å². The number of amides is 3. The van der Waals surface area contributed by atoms with Gasteiger partial charge in [-0.25, -0.2) is 8.78 Å². The number of nitrogens with zero attached hydrogens (tertiary/aromatic N) is 1. The molecule has 0 bridgehead atoms. The van der Waals surface area contributed by atoms with E-state index in [2.05, 4.69) is 5.32 Å². The highest BCUT2D eigenvalue weighted by Crippen LogP contribution is 2.32. The lowest BCUT2D eigenvalue weighted by atomic mass is 9.98. The van der Waals surface area contributed by atoms with Crippen molar-refractivity contribution in [2.24, 2.45) is 0 Å². The fraction of sp³-hybridized carbons (Fsp3) is 0.364. The number of rotatable bonds is 6. The molecule has 188 valence electrons. The standard InChI is InChI=1S/C22H21F5N4O4/c1-10-15(17(32)19(34)30-21(2,20(35)28-3)22(25,26)27)14-5-4-8-31(14)16(10)18(33)29-11-6-7-12(23)13(24)9-11/h6-7,9H,4-5,8H2,1-3H3,(H,28,35)(H,29,33)(H,30,34)/t21-/m1/s1. The van der Waals surface area contributed by atoms with Crippen LogP contribution in [0.15, 0.2) is 18.2 Å². The third-order valence-corrected chi connectivity index (χ3v) is 5.85. The van der Waals surface area contributed by atoms with Gasteiger partial charge in [0.05, 0.1) is 5.56 Å². The van der Waals surface area contributed by atoms with E-state index in [0.29, 0.717) is 13.3 Å². The number of Topliss-reactive ketones (excluding diaryl/α,β-unsaturated/α-hetero) is 1. The Morgan fingerprint density at radius 2 is 1.71 bits per heavy atom. The second-order valence-corrected chi connectivity index (χ2v) is 8.12. The molecule has 1 aliphatic rings. The number of anilines is 1. The minimum absolute atomic E-state index is 0.0218. The van der Waals surface area contributed by atoms with Gasteiger partial charge in [0.15, 0.2) is 11.6 Å². The molecule has 8 nitrogen and oxygen atoms in total. The van der Waals surface area contributed by atoms with Crippen LogP contribution in [-0.2, 0) is 22.6 Å². The molecule has 3 amide bonds. The molecule has 2 aromatic rings. The van der Waals surface area contributed by atoms with Gasteiger partial charge in [-0.3, -0.25) is 19.2 Å². The number of halogens is 5. The van der Waals surface area contributed by atoms with E-state index in [1.807, 2.05) is 0 Å². The van der Waals surface area contributed by atoms with Gasteiger partial charge >= 0.3 is 6.18 Å². The average molecular weight is 500 g/mol. The van der Waals surface area contributed by atoms with Crippen LogP contribution in [0.2, 0.25) is 0 Å². The van der Waals surface area contributed by atoms with Crippen LogP contribution in [0.4, 0.5) is 27.6 Å². The molecule has 0 saturated heterocycles. The smallest absolute Gasteiger partial charge is 0.357 e. The van der Waals surface area contributed by atoms with Gasteiger partial charge in [-0.15, -0.1) is 0 Å². The summed E-state index contributed by atoms with van der Waals surface area (Å²) in [5.41, 5.74) is -3.46. The van der Waals surface area contributed by atoms with E-state index >= 15 is 0 Å². The Morgan fingerprint density at radius 1 is 1.06 bits per heavy atom. The van der Waals surface area contributed by atoms with Gasteiger partial charge in [-0.05, 0) is 44.4 Å². The van der Waals surface area contributed by atoms with Gasteiger partial charge in [0.25, 0.3) is 23.5 Å². The van der Waals surface area contributed by atoms with Crippen molar-refractivity contribution in [2.75, 3.05) is 12.4 Å². The molecule has 35 heavy (non-hydrogen) atoms. The number of hydrogen-bond donors (Lipinski definition) is 3. The molecule has 3 N–H and O–H groups in total. The molecule has 1 aromatic heterocycles. The Morgan fingerprint density at radius 3 is 2.29 bits per heavy atom. The second kappa shape index (κ2) is 9.12. The molecule has 0 aliphatic carbocycles. The normalized spacial score (nSPS) is 14.6. The summed E-state index contributed by atoms with van der Waals surface area (Å²) in [6.45, 7) is 2.05. The molecule has 0 radical (unpaired) electrons. The Kier molecular flexibility index (Phi) is 6.73. The van der Waals surface area contributed by atoms with Gasteiger partial charge in [0, 0.05) is 31.0 Å². The maximum atomic E-state index is 13.5. The van der Waals surface area contributed by atoms with Gasteiger partial charge < -0.3 is 20.5 Å². The first-order chi connectivity index (χ1) is 16.2. The van der Waals surface area contributed by atoms with Crippen molar-refractivity contribution in [3.05, 3.63) is 52.3 Å². The zero-order valence-electron chi connectivity index (χ0n) is 18.8. The first kappa shape index (κ1) is 25.8. The first-order valence-electron chi connectivity index (χ1n) is 10.4. The number of aromatic nitrogens is 1. The summed E-state index contributed by atoms with van der Waals surface area (Å²) in [7, 11) is 0.947. The van der Waals surface area contributed by atoms with Crippen LogP contribution in [-0.4, -0.2) is 46.8 Å². The number of fused-ring (bicyclic) bond motifs is 1. The molecule has 0 unspecified atom stereocenters. The largest absolute Gasteiger partial charge is 0.420 e. The lowest BCUT2D eigenvalue weighted by molar-refractivity contribution is -0.196. The maximum Gasteiger partial charge on any atom is 0.420 e. The van der Waals surface area contributed by atoms with E-state index in [9.17, 15) is 41.1 Å². The monoisotopic (exact) mass is 500 g/mol. The molecule has 1 aliphatic heterocycles. The maximum absolute atomic E-state index is 13.5. The highest BCUT2D eigenvalue weighted by atomic mass is 19.4. The summed E-state index contributed by atoms with van der Waals surface area (Å²) < 4.78 is 68.8. The van der Waals surface area contributed by atoms with Crippen molar-refractivity contribution >= 4 is 29.2 Å². The zero-order chi connectivity index (χ0) is 26.3. The summed E-state index contributed by atoms with van der Waals surface area (Å²) in [5, 5.41) is 5.66. The van der Waals surface area contributed by atoms with Crippen molar-refractivity contribution in [1.82, 2.24) is 15.2 Å². The van der Waals surface area contributed by atoms with Gasteiger partial charge in [0.1, 0.15) is 5.69 Å². The fourth-order valence-corrected chi connectivity index (χ4v) is 3.98. The Labute approximate surface area is 195 Å². The van der Waals surface area contributed by atoms with Crippen LogP contribution in [0.1, 0.15) is 45.4 Å². The number of carbonyl (C=O) groups excluding carboxylic acids is 4. The highest BCUT2D eigenvalue weighted by molar-refractivity contribution is 6.44. The minimum Gasteiger partial charge on any atom is -0.357 e. The van der Waals surface area contributed by atoms with Crippen LogP contribution in [0.3, 0.4) is 0 Å². The number of carbonyl (C=O) groups is 4. The van der Waals surface area contributed by atoms with E-state index in [1.165, 1.54) is 16.8 Å². The van der Waals surface area contributed by atoms with E-state index in [4.69, 9.17) is 0 Å². The first-order valence-corrected chi connectivity index (χ1v) is 10.4. The molecule has 1 aromatic carbocycles. The predicted octanol–water partition coefficient (Wildman–Crippen LogP) is 2.64. The van der Waals surface area contributed by atoms with Gasteiger partial charge in [0.2, 0.25) is 5.54 Å². The SMILES string of the molecule is CNC(=O)[C@@](C)(NC(=O)C(=O)c1c(C)c(C(=O)Nc2ccc(F)c(F)c2)n2c1CCC2)C(F)(F)F. The number of benzene rings is 1. The number of nitrogens with one attached hydrogen (secondary N) is 3. The summed E-state index contributed by atoms with van der Waals surface area (Å²) >= 11 is 0. The quantitative estimate of drug-likeness (QED) is 0.322. The fourth-order valence-electron chi connectivity index (χ4n) is 3.98. The molecule has 0 fully saturated rings. The molecule has 0 saturated carbocycles. The van der Waals surface area contributed by atoms with Gasteiger partial charge in [-0.1, -0.05) is 0 Å². The van der Waals surface area contributed by atoms with Crippen LogP contribution in [0.5, 0.6) is 0 Å². The molecule has 3 rings (SSSR count). The molecule has 13 heteroatoms. The molecule has 0 spiro atoms. The molecule has 1 atom stereocenters. The minimum atomic E-state index is -5.21. The lowest BCUT2D eigenvalue weighted by Crippen LogP contribution is -2.65. The number of ketones is 1. The lowest BCUT2D eigenvalue weighted by Gasteiger charge is -2.30.